The van der Waals surface area contributed by atoms with Gasteiger partial charge in [0.15, 0.2) is 0 Å². The second-order valence-electron chi connectivity index (χ2n) is 5.62. The van der Waals surface area contributed by atoms with E-state index in [-0.39, 0.29) is 12.0 Å². The SMILES string of the molecule is COc1cccc2sc(OC3CN(C(=O)/C=C/c4cccs4)C3)nc12. The Balaban J connectivity index is 1.34. The molecule has 2 aromatic heterocycles. The molecule has 0 atom stereocenters. The number of amides is 1. The Hall–Kier alpha value is -2.38. The van der Waals surface area contributed by atoms with Crippen LogP contribution in [0.3, 0.4) is 0 Å². The quantitative estimate of drug-likeness (QED) is 0.641. The van der Waals surface area contributed by atoms with Crippen molar-refractivity contribution in [2.75, 3.05) is 20.2 Å². The maximum atomic E-state index is 12.1. The number of fused-ring (bicyclic) bond motifs is 1. The predicted octanol–water partition coefficient (Wildman–Crippen LogP) is 3.67. The number of hydrogen-bond acceptors (Lipinski definition) is 6. The van der Waals surface area contributed by atoms with Crippen molar-refractivity contribution in [3.8, 4) is 10.9 Å². The molecule has 1 aliphatic rings. The Morgan fingerprint density at radius 1 is 1.32 bits per heavy atom. The number of hydrogen-bond donors (Lipinski definition) is 0. The molecule has 3 heterocycles. The minimum atomic E-state index is -0.00866. The molecule has 1 aromatic carbocycles. The van der Waals surface area contributed by atoms with Gasteiger partial charge < -0.3 is 14.4 Å². The van der Waals surface area contributed by atoms with Crippen molar-refractivity contribution in [1.82, 2.24) is 9.88 Å². The summed E-state index contributed by atoms with van der Waals surface area (Å²) in [7, 11) is 1.63. The van der Waals surface area contributed by atoms with Crippen LogP contribution in [-0.4, -0.2) is 42.1 Å². The number of thiazole rings is 1. The number of carbonyl (C=O) groups excluding carboxylic acids is 1. The summed E-state index contributed by atoms with van der Waals surface area (Å²) < 4.78 is 12.3. The van der Waals surface area contributed by atoms with Crippen molar-refractivity contribution in [1.29, 1.82) is 0 Å². The highest BCUT2D eigenvalue weighted by Gasteiger charge is 2.32. The van der Waals surface area contributed by atoms with Gasteiger partial charge in [-0.1, -0.05) is 23.5 Å². The van der Waals surface area contributed by atoms with Crippen molar-refractivity contribution >= 4 is 44.9 Å². The number of aromatic nitrogens is 1. The molecule has 0 radical (unpaired) electrons. The summed E-state index contributed by atoms with van der Waals surface area (Å²) in [6.07, 6.45) is 3.46. The summed E-state index contributed by atoms with van der Waals surface area (Å²) in [5.41, 5.74) is 0.816. The van der Waals surface area contributed by atoms with Crippen LogP contribution in [0.4, 0.5) is 0 Å². The number of methoxy groups -OCH3 is 1. The first-order valence-corrected chi connectivity index (χ1v) is 9.53. The minimum absolute atomic E-state index is 0.00866. The molecule has 5 nitrogen and oxygen atoms in total. The van der Waals surface area contributed by atoms with Crippen molar-refractivity contribution in [3.63, 3.8) is 0 Å². The van der Waals surface area contributed by atoms with Gasteiger partial charge in [0.1, 0.15) is 17.4 Å². The van der Waals surface area contributed by atoms with Crippen LogP contribution in [0.2, 0.25) is 0 Å². The van der Waals surface area contributed by atoms with E-state index < -0.39 is 0 Å². The lowest BCUT2D eigenvalue weighted by atomic mass is 10.1. The zero-order valence-corrected chi connectivity index (χ0v) is 15.2. The largest absolute Gasteiger partial charge is 0.494 e. The van der Waals surface area contributed by atoms with Crippen molar-refractivity contribution < 1.29 is 14.3 Å². The fourth-order valence-corrected chi connectivity index (χ4v) is 4.11. The number of benzene rings is 1. The smallest absolute Gasteiger partial charge is 0.274 e. The standard InChI is InChI=1S/C18H16N2O3S2/c1-22-14-5-2-6-15-17(14)19-18(25-15)23-12-10-20(11-12)16(21)8-7-13-4-3-9-24-13/h2-9,12H,10-11H2,1H3/b8-7+. The normalized spacial score (nSPS) is 14.8. The highest BCUT2D eigenvalue weighted by atomic mass is 32.1. The molecule has 0 N–H and O–H groups in total. The van der Waals surface area contributed by atoms with Gasteiger partial charge in [-0.15, -0.1) is 11.3 Å². The van der Waals surface area contributed by atoms with E-state index in [0.29, 0.717) is 18.3 Å². The Morgan fingerprint density at radius 2 is 2.20 bits per heavy atom. The summed E-state index contributed by atoms with van der Waals surface area (Å²) in [5, 5.41) is 2.61. The van der Waals surface area contributed by atoms with Crippen LogP contribution in [-0.2, 0) is 4.79 Å². The van der Waals surface area contributed by atoms with E-state index >= 15 is 0 Å². The number of carbonyl (C=O) groups is 1. The average molecular weight is 372 g/mol. The number of para-hydroxylation sites is 1. The zero-order chi connectivity index (χ0) is 17.2. The highest BCUT2D eigenvalue weighted by Crippen LogP contribution is 2.34. The fourth-order valence-electron chi connectivity index (χ4n) is 2.60. The van der Waals surface area contributed by atoms with Gasteiger partial charge in [-0.05, 0) is 29.7 Å². The number of thiophene rings is 1. The molecule has 0 bridgehead atoms. The molecule has 1 amide bonds. The van der Waals surface area contributed by atoms with E-state index in [0.717, 1.165) is 20.8 Å². The summed E-state index contributed by atoms with van der Waals surface area (Å²) in [4.78, 5) is 19.4. The number of likely N-dealkylation sites (tertiary alicyclic amines) is 1. The molecule has 0 aliphatic carbocycles. The Bertz CT molecular complexity index is 912. The molecule has 0 unspecified atom stereocenters. The van der Waals surface area contributed by atoms with Crippen molar-refractivity contribution in [2.24, 2.45) is 0 Å². The van der Waals surface area contributed by atoms with E-state index in [1.165, 1.54) is 11.3 Å². The lowest BCUT2D eigenvalue weighted by Crippen LogP contribution is -2.55. The maximum Gasteiger partial charge on any atom is 0.274 e. The van der Waals surface area contributed by atoms with Crippen LogP contribution in [0.1, 0.15) is 4.88 Å². The number of nitrogens with zero attached hydrogens (tertiary/aromatic N) is 2. The van der Waals surface area contributed by atoms with Crippen LogP contribution in [0, 0.1) is 0 Å². The summed E-state index contributed by atoms with van der Waals surface area (Å²) in [6.45, 7) is 1.17. The second-order valence-corrected chi connectivity index (χ2v) is 7.59. The lowest BCUT2D eigenvalue weighted by molar-refractivity contribution is -0.134. The summed E-state index contributed by atoms with van der Waals surface area (Å²) in [6, 6.07) is 9.77. The van der Waals surface area contributed by atoms with Gasteiger partial charge in [0.2, 0.25) is 5.91 Å². The van der Waals surface area contributed by atoms with E-state index in [4.69, 9.17) is 9.47 Å². The molecular weight excluding hydrogens is 356 g/mol. The van der Waals surface area contributed by atoms with Crippen LogP contribution >= 0.6 is 22.7 Å². The number of rotatable bonds is 5. The maximum absolute atomic E-state index is 12.1. The third-order valence-corrected chi connectivity index (χ3v) is 5.69. The van der Waals surface area contributed by atoms with E-state index in [2.05, 4.69) is 4.98 Å². The molecule has 128 valence electrons. The second kappa shape index (κ2) is 6.85. The number of ether oxygens (including phenoxy) is 2. The molecule has 4 rings (SSSR count). The van der Waals surface area contributed by atoms with Gasteiger partial charge in [0.05, 0.1) is 24.9 Å². The van der Waals surface area contributed by atoms with Crippen LogP contribution < -0.4 is 9.47 Å². The molecule has 25 heavy (non-hydrogen) atoms. The monoisotopic (exact) mass is 372 g/mol. The van der Waals surface area contributed by atoms with E-state index in [1.54, 1.807) is 29.4 Å². The first-order chi connectivity index (χ1) is 12.2. The summed E-state index contributed by atoms with van der Waals surface area (Å²) in [5.74, 6) is 0.756. The Labute approximate surface area is 153 Å². The summed E-state index contributed by atoms with van der Waals surface area (Å²) >= 11 is 3.10. The first kappa shape index (κ1) is 16.1. The van der Waals surface area contributed by atoms with E-state index in [1.807, 2.05) is 41.8 Å². The average Bonchev–Trinajstić information content (AvgIpc) is 3.24. The predicted molar refractivity (Wildman–Crippen MR) is 101 cm³/mol. The Kier molecular flexibility index (Phi) is 4.42. The van der Waals surface area contributed by atoms with Gasteiger partial charge in [0, 0.05) is 11.0 Å². The Morgan fingerprint density at radius 3 is 2.96 bits per heavy atom. The molecule has 3 aromatic rings. The van der Waals surface area contributed by atoms with Gasteiger partial charge in [0.25, 0.3) is 5.19 Å². The highest BCUT2D eigenvalue weighted by molar-refractivity contribution is 7.20. The third kappa shape index (κ3) is 3.38. The van der Waals surface area contributed by atoms with Crippen molar-refractivity contribution in [3.05, 3.63) is 46.7 Å². The molecule has 1 fully saturated rings. The van der Waals surface area contributed by atoms with Gasteiger partial charge in [-0.3, -0.25) is 4.79 Å². The van der Waals surface area contributed by atoms with Gasteiger partial charge in [-0.25, -0.2) is 0 Å². The van der Waals surface area contributed by atoms with E-state index in [9.17, 15) is 4.79 Å². The van der Waals surface area contributed by atoms with Gasteiger partial charge >= 0.3 is 0 Å². The van der Waals surface area contributed by atoms with Crippen LogP contribution in [0.15, 0.2) is 41.8 Å². The van der Waals surface area contributed by atoms with Crippen LogP contribution in [0.25, 0.3) is 16.3 Å². The first-order valence-electron chi connectivity index (χ1n) is 7.83. The molecule has 1 saturated heterocycles. The third-order valence-electron chi connectivity index (χ3n) is 3.94. The zero-order valence-electron chi connectivity index (χ0n) is 13.5. The lowest BCUT2D eigenvalue weighted by Gasteiger charge is -2.37. The molecule has 7 heteroatoms. The fraction of sp³-hybridized carbons (Fsp3) is 0.222. The van der Waals surface area contributed by atoms with Crippen molar-refractivity contribution in [2.45, 2.75) is 6.10 Å². The molecule has 1 aliphatic heterocycles. The van der Waals surface area contributed by atoms with Gasteiger partial charge in [-0.2, -0.15) is 4.98 Å². The molecular formula is C18H16N2O3S2. The minimum Gasteiger partial charge on any atom is -0.494 e. The molecule has 0 saturated carbocycles. The van der Waals surface area contributed by atoms with Crippen LogP contribution in [0.5, 0.6) is 10.9 Å². The topological polar surface area (TPSA) is 51.7 Å². The molecule has 0 spiro atoms.